The van der Waals surface area contributed by atoms with Gasteiger partial charge in [-0.3, -0.25) is 4.79 Å². The van der Waals surface area contributed by atoms with Crippen molar-refractivity contribution in [2.45, 2.75) is 25.7 Å². The van der Waals surface area contributed by atoms with Crippen LogP contribution in [0.5, 0.6) is 5.75 Å². The van der Waals surface area contributed by atoms with Gasteiger partial charge in [-0.15, -0.1) is 0 Å². The van der Waals surface area contributed by atoms with E-state index in [9.17, 15) is 4.79 Å². The molecule has 4 nitrogen and oxygen atoms in total. The quantitative estimate of drug-likeness (QED) is 0.835. The molecule has 0 atom stereocenters. The topological polar surface area (TPSA) is 64.3 Å². The molecule has 0 saturated carbocycles. The van der Waals surface area contributed by atoms with E-state index in [1.54, 1.807) is 0 Å². The zero-order valence-electron chi connectivity index (χ0n) is 10.2. The molecule has 0 spiro atoms. The van der Waals surface area contributed by atoms with Crippen LogP contribution >= 0.6 is 0 Å². The van der Waals surface area contributed by atoms with Gasteiger partial charge in [0, 0.05) is 0 Å². The summed E-state index contributed by atoms with van der Waals surface area (Å²) in [7, 11) is 0. The summed E-state index contributed by atoms with van der Waals surface area (Å²) in [5, 5.41) is 2.78. The molecule has 0 aromatic heterocycles. The van der Waals surface area contributed by atoms with Gasteiger partial charge in [0.15, 0.2) is 6.61 Å². The Morgan fingerprint density at radius 3 is 2.94 bits per heavy atom. The fourth-order valence-electron chi connectivity index (χ4n) is 2.00. The second-order valence-electron chi connectivity index (χ2n) is 4.97. The maximum absolute atomic E-state index is 11.2. The predicted molar refractivity (Wildman–Crippen MR) is 67.3 cm³/mol. The Hall–Kier alpha value is -1.55. The fourth-order valence-corrected chi connectivity index (χ4v) is 2.00. The normalized spacial score (nSPS) is 14.9. The SMILES string of the molecule is CC(C)(CCN)c1ccc2c(c1)OCC(=O)N2. The Kier molecular flexibility index (Phi) is 3.07. The van der Waals surface area contributed by atoms with Crippen LogP contribution in [0, 0.1) is 0 Å². The highest BCUT2D eigenvalue weighted by Crippen LogP contribution is 2.34. The van der Waals surface area contributed by atoms with Crippen LogP contribution in [-0.4, -0.2) is 19.1 Å². The van der Waals surface area contributed by atoms with Crippen molar-refractivity contribution in [3.63, 3.8) is 0 Å². The Morgan fingerprint density at radius 1 is 1.47 bits per heavy atom. The third-order valence-electron chi connectivity index (χ3n) is 3.17. The third-order valence-corrected chi connectivity index (χ3v) is 3.17. The number of rotatable bonds is 3. The molecule has 4 heteroatoms. The molecular weight excluding hydrogens is 216 g/mol. The monoisotopic (exact) mass is 234 g/mol. The molecule has 0 aliphatic carbocycles. The van der Waals surface area contributed by atoms with Crippen LogP contribution in [0.2, 0.25) is 0 Å². The molecule has 17 heavy (non-hydrogen) atoms. The summed E-state index contributed by atoms with van der Waals surface area (Å²) < 4.78 is 5.41. The van der Waals surface area contributed by atoms with Crippen LogP contribution < -0.4 is 15.8 Å². The minimum absolute atomic E-state index is 0.0224. The third kappa shape index (κ3) is 2.42. The number of nitrogens with two attached hydrogens (primary N) is 1. The fraction of sp³-hybridized carbons (Fsp3) is 0.462. The van der Waals surface area contributed by atoms with Gasteiger partial charge in [-0.05, 0) is 36.1 Å². The van der Waals surface area contributed by atoms with Crippen molar-refractivity contribution in [3.05, 3.63) is 23.8 Å². The Morgan fingerprint density at radius 2 is 2.24 bits per heavy atom. The molecule has 1 amide bonds. The number of hydrogen-bond donors (Lipinski definition) is 2. The first-order valence-corrected chi connectivity index (χ1v) is 5.80. The predicted octanol–water partition coefficient (Wildman–Crippen LogP) is 1.64. The smallest absolute Gasteiger partial charge is 0.262 e. The number of benzene rings is 1. The number of anilines is 1. The first-order valence-electron chi connectivity index (χ1n) is 5.80. The lowest BCUT2D eigenvalue weighted by atomic mass is 9.81. The molecule has 92 valence electrons. The average molecular weight is 234 g/mol. The first-order chi connectivity index (χ1) is 8.03. The summed E-state index contributed by atoms with van der Waals surface area (Å²) in [5.41, 5.74) is 7.56. The van der Waals surface area contributed by atoms with Gasteiger partial charge >= 0.3 is 0 Å². The van der Waals surface area contributed by atoms with Crippen molar-refractivity contribution in [3.8, 4) is 5.75 Å². The van der Waals surface area contributed by atoms with Gasteiger partial charge in [0.25, 0.3) is 5.91 Å². The van der Waals surface area contributed by atoms with E-state index in [2.05, 4.69) is 19.2 Å². The minimum atomic E-state index is -0.105. The molecule has 2 rings (SSSR count). The van der Waals surface area contributed by atoms with Crippen LogP contribution in [0.3, 0.4) is 0 Å². The Balaban J connectivity index is 2.30. The molecule has 3 N–H and O–H groups in total. The molecule has 1 aliphatic rings. The van der Waals surface area contributed by atoms with Gasteiger partial charge in [0.1, 0.15) is 5.75 Å². The molecule has 1 aromatic carbocycles. The average Bonchev–Trinajstić information content (AvgIpc) is 2.28. The highest BCUT2D eigenvalue weighted by atomic mass is 16.5. The van der Waals surface area contributed by atoms with Crippen molar-refractivity contribution in [2.24, 2.45) is 5.73 Å². The highest BCUT2D eigenvalue weighted by molar-refractivity contribution is 5.95. The molecular formula is C13H18N2O2. The number of hydrogen-bond acceptors (Lipinski definition) is 3. The number of carbonyl (C=O) groups excluding carboxylic acids is 1. The van der Waals surface area contributed by atoms with Gasteiger partial charge in [-0.2, -0.15) is 0 Å². The number of carbonyl (C=O) groups is 1. The lowest BCUT2D eigenvalue weighted by molar-refractivity contribution is -0.118. The number of fused-ring (bicyclic) bond motifs is 1. The maximum Gasteiger partial charge on any atom is 0.262 e. The number of ether oxygens (including phenoxy) is 1. The van der Waals surface area contributed by atoms with Crippen molar-refractivity contribution < 1.29 is 9.53 Å². The van der Waals surface area contributed by atoms with Gasteiger partial charge in [-0.25, -0.2) is 0 Å². The second-order valence-corrected chi connectivity index (χ2v) is 4.97. The van der Waals surface area contributed by atoms with Crippen LogP contribution in [0.15, 0.2) is 18.2 Å². The zero-order chi connectivity index (χ0) is 12.5. The first kappa shape index (κ1) is 11.9. The highest BCUT2D eigenvalue weighted by Gasteiger charge is 2.23. The lowest BCUT2D eigenvalue weighted by Gasteiger charge is -2.27. The summed E-state index contributed by atoms with van der Waals surface area (Å²) in [6, 6.07) is 5.90. The summed E-state index contributed by atoms with van der Waals surface area (Å²) in [6.45, 7) is 5.06. The summed E-state index contributed by atoms with van der Waals surface area (Å²) in [6.07, 6.45) is 0.915. The number of nitrogens with one attached hydrogen (secondary N) is 1. The van der Waals surface area contributed by atoms with Crippen molar-refractivity contribution >= 4 is 11.6 Å². The summed E-state index contributed by atoms with van der Waals surface area (Å²) in [4.78, 5) is 11.2. The molecule has 1 aliphatic heterocycles. The van der Waals surface area contributed by atoms with Crippen molar-refractivity contribution in [1.82, 2.24) is 0 Å². The molecule has 0 saturated heterocycles. The van der Waals surface area contributed by atoms with Crippen molar-refractivity contribution in [1.29, 1.82) is 0 Å². The van der Waals surface area contributed by atoms with E-state index in [1.165, 1.54) is 5.56 Å². The maximum atomic E-state index is 11.2. The van der Waals surface area contributed by atoms with Crippen LogP contribution in [-0.2, 0) is 10.2 Å². The molecule has 1 heterocycles. The van der Waals surface area contributed by atoms with Gasteiger partial charge in [0.2, 0.25) is 0 Å². The van der Waals surface area contributed by atoms with E-state index >= 15 is 0 Å². The van der Waals surface area contributed by atoms with E-state index in [1.807, 2.05) is 18.2 Å². The van der Waals surface area contributed by atoms with Crippen LogP contribution in [0.1, 0.15) is 25.8 Å². The Bertz CT molecular complexity index is 441. The minimum Gasteiger partial charge on any atom is -0.482 e. The molecule has 0 bridgehead atoms. The van der Waals surface area contributed by atoms with Crippen LogP contribution in [0.25, 0.3) is 0 Å². The molecule has 0 unspecified atom stereocenters. The standard InChI is InChI=1S/C13H18N2O2/c1-13(2,5-6-14)9-3-4-10-11(7-9)17-8-12(16)15-10/h3-4,7H,5-6,8,14H2,1-2H3,(H,15,16). The second kappa shape index (κ2) is 4.37. The summed E-state index contributed by atoms with van der Waals surface area (Å²) in [5.74, 6) is 0.638. The van der Waals surface area contributed by atoms with Gasteiger partial charge in [-0.1, -0.05) is 19.9 Å². The lowest BCUT2D eigenvalue weighted by Crippen LogP contribution is -2.26. The van der Waals surface area contributed by atoms with Crippen molar-refractivity contribution in [2.75, 3.05) is 18.5 Å². The van der Waals surface area contributed by atoms with E-state index in [-0.39, 0.29) is 17.9 Å². The van der Waals surface area contributed by atoms with E-state index < -0.39 is 0 Å². The van der Waals surface area contributed by atoms with E-state index in [0.29, 0.717) is 6.54 Å². The van der Waals surface area contributed by atoms with E-state index in [4.69, 9.17) is 10.5 Å². The number of amides is 1. The van der Waals surface area contributed by atoms with Crippen LogP contribution in [0.4, 0.5) is 5.69 Å². The molecule has 1 aromatic rings. The summed E-state index contributed by atoms with van der Waals surface area (Å²) >= 11 is 0. The van der Waals surface area contributed by atoms with Gasteiger partial charge in [0.05, 0.1) is 5.69 Å². The Labute approximate surface area is 101 Å². The largest absolute Gasteiger partial charge is 0.482 e. The zero-order valence-corrected chi connectivity index (χ0v) is 10.2. The van der Waals surface area contributed by atoms with E-state index in [0.717, 1.165) is 17.9 Å². The van der Waals surface area contributed by atoms with Gasteiger partial charge < -0.3 is 15.8 Å². The molecule has 0 fully saturated rings. The molecule has 0 radical (unpaired) electrons.